The molecule has 6 nitrogen and oxygen atoms in total. The predicted octanol–water partition coefficient (Wildman–Crippen LogP) is 3.45. The number of pyridine rings is 1. The number of azide groups is 1. The van der Waals surface area contributed by atoms with Gasteiger partial charge in [-0.2, -0.15) is 5.10 Å². The SMILES string of the molecule is Cn1cc(-c2cnc3ccc(CN=[N+]=[N-])cc3c2)cn1. The summed E-state index contributed by atoms with van der Waals surface area (Å²) in [6.45, 7) is 0.351. The van der Waals surface area contributed by atoms with Gasteiger partial charge < -0.3 is 0 Å². The van der Waals surface area contributed by atoms with Crippen LogP contribution in [0.15, 0.2) is 48.0 Å². The topological polar surface area (TPSA) is 79.5 Å². The second-order valence-electron chi connectivity index (χ2n) is 4.54. The maximum atomic E-state index is 8.37. The van der Waals surface area contributed by atoms with E-state index >= 15 is 0 Å². The van der Waals surface area contributed by atoms with Crippen molar-refractivity contribution in [1.82, 2.24) is 14.8 Å². The molecule has 0 N–H and O–H groups in total. The van der Waals surface area contributed by atoms with E-state index in [-0.39, 0.29) is 0 Å². The Morgan fingerprint density at radius 3 is 2.90 bits per heavy atom. The van der Waals surface area contributed by atoms with Crippen molar-refractivity contribution in [3.05, 3.63) is 58.9 Å². The summed E-state index contributed by atoms with van der Waals surface area (Å²) < 4.78 is 1.76. The van der Waals surface area contributed by atoms with Crippen LogP contribution in [0.4, 0.5) is 0 Å². The molecule has 1 aromatic carbocycles. The molecule has 3 rings (SSSR count). The summed E-state index contributed by atoms with van der Waals surface area (Å²) in [6.07, 6.45) is 5.60. The first-order valence-electron chi connectivity index (χ1n) is 6.15. The van der Waals surface area contributed by atoms with Crippen molar-refractivity contribution in [2.24, 2.45) is 12.2 Å². The molecule has 0 radical (unpaired) electrons. The van der Waals surface area contributed by atoms with Crippen LogP contribution in [0, 0.1) is 0 Å². The average molecular weight is 264 g/mol. The van der Waals surface area contributed by atoms with Gasteiger partial charge in [-0.05, 0) is 29.3 Å². The minimum absolute atomic E-state index is 0.351. The third-order valence-electron chi connectivity index (χ3n) is 3.10. The van der Waals surface area contributed by atoms with Gasteiger partial charge in [0.1, 0.15) is 0 Å². The normalized spacial score (nSPS) is 10.4. The van der Waals surface area contributed by atoms with Gasteiger partial charge in [-0.25, -0.2) is 0 Å². The highest BCUT2D eigenvalue weighted by atomic mass is 15.2. The first-order valence-corrected chi connectivity index (χ1v) is 6.15. The second-order valence-corrected chi connectivity index (χ2v) is 4.54. The monoisotopic (exact) mass is 264 g/mol. The first kappa shape index (κ1) is 12.2. The quantitative estimate of drug-likeness (QED) is 0.412. The van der Waals surface area contributed by atoms with Crippen molar-refractivity contribution in [2.45, 2.75) is 6.54 Å². The Bertz CT molecular complexity index is 813. The van der Waals surface area contributed by atoms with E-state index in [9.17, 15) is 0 Å². The summed E-state index contributed by atoms with van der Waals surface area (Å²) in [5.41, 5.74) is 12.3. The zero-order valence-electron chi connectivity index (χ0n) is 10.9. The van der Waals surface area contributed by atoms with Crippen molar-refractivity contribution in [2.75, 3.05) is 0 Å². The molecule has 0 aliphatic rings. The third-order valence-corrected chi connectivity index (χ3v) is 3.10. The number of benzene rings is 1. The van der Waals surface area contributed by atoms with E-state index in [0.29, 0.717) is 6.54 Å². The number of aryl methyl sites for hydroxylation is 1. The number of hydrogen-bond acceptors (Lipinski definition) is 3. The van der Waals surface area contributed by atoms with Crippen molar-refractivity contribution in [1.29, 1.82) is 0 Å². The van der Waals surface area contributed by atoms with Crippen molar-refractivity contribution in [3.63, 3.8) is 0 Å². The number of hydrogen-bond donors (Lipinski definition) is 0. The van der Waals surface area contributed by atoms with E-state index in [1.807, 2.05) is 43.8 Å². The highest BCUT2D eigenvalue weighted by molar-refractivity contribution is 5.83. The number of fused-ring (bicyclic) bond motifs is 1. The Morgan fingerprint density at radius 2 is 2.15 bits per heavy atom. The number of nitrogens with zero attached hydrogens (tertiary/aromatic N) is 6. The van der Waals surface area contributed by atoms with Crippen LogP contribution >= 0.6 is 0 Å². The van der Waals surface area contributed by atoms with E-state index in [1.165, 1.54) is 0 Å². The van der Waals surface area contributed by atoms with Gasteiger partial charge >= 0.3 is 0 Å². The molecule has 2 aromatic heterocycles. The Labute approximate surface area is 115 Å². The molecule has 6 heteroatoms. The van der Waals surface area contributed by atoms with E-state index in [0.717, 1.165) is 27.6 Å². The zero-order chi connectivity index (χ0) is 13.9. The van der Waals surface area contributed by atoms with Gasteiger partial charge in [0, 0.05) is 40.9 Å². The molecule has 0 unspecified atom stereocenters. The standard InChI is InChI=1S/C14H12N6/c1-20-9-13(8-18-20)12-5-11-4-10(6-17-19-15)2-3-14(11)16-7-12/h2-5,7-9H,6H2,1H3. The summed E-state index contributed by atoms with van der Waals surface area (Å²) >= 11 is 0. The van der Waals surface area contributed by atoms with Crippen LogP contribution in [0.25, 0.3) is 32.5 Å². The van der Waals surface area contributed by atoms with Crippen molar-refractivity contribution in [3.8, 4) is 11.1 Å². The fourth-order valence-corrected chi connectivity index (χ4v) is 2.12. The molecule has 98 valence electrons. The van der Waals surface area contributed by atoms with Gasteiger partial charge in [0.2, 0.25) is 0 Å². The summed E-state index contributed by atoms with van der Waals surface area (Å²) in [4.78, 5) is 7.23. The largest absolute Gasteiger partial charge is 0.275 e. The summed E-state index contributed by atoms with van der Waals surface area (Å²) in [5.74, 6) is 0. The lowest BCUT2D eigenvalue weighted by Crippen LogP contribution is -1.86. The number of aromatic nitrogens is 3. The van der Waals surface area contributed by atoms with Crippen LogP contribution in [-0.2, 0) is 13.6 Å². The summed E-state index contributed by atoms with van der Waals surface area (Å²) in [7, 11) is 1.88. The minimum Gasteiger partial charge on any atom is -0.275 e. The van der Waals surface area contributed by atoms with Crippen molar-refractivity contribution < 1.29 is 0 Å². The van der Waals surface area contributed by atoms with Gasteiger partial charge in [0.15, 0.2) is 0 Å². The molecule has 0 spiro atoms. The van der Waals surface area contributed by atoms with Crippen LogP contribution in [0.1, 0.15) is 5.56 Å². The molecule has 20 heavy (non-hydrogen) atoms. The van der Waals surface area contributed by atoms with Crippen LogP contribution in [0.3, 0.4) is 0 Å². The number of rotatable bonds is 3. The van der Waals surface area contributed by atoms with Crippen LogP contribution < -0.4 is 0 Å². The molecule has 2 heterocycles. The molecule has 0 atom stereocenters. The molecule has 0 saturated carbocycles. The van der Waals surface area contributed by atoms with Gasteiger partial charge in [0.05, 0.1) is 18.3 Å². The average Bonchev–Trinajstić information content (AvgIpc) is 2.91. The Hall–Kier alpha value is -2.85. The lowest BCUT2D eigenvalue weighted by molar-refractivity contribution is 0.768. The molecule has 3 aromatic rings. The van der Waals surface area contributed by atoms with Crippen LogP contribution in [-0.4, -0.2) is 14.8 Å². The fraction of sp³-hybridized carbons (Fsp3) is 0.143. The molecule has 0 saturated heterocycles. The molecule has 0 fully saturated rings. The molecular weight excluding hydrogens is 252 g/mol. The van der Waals surface area contributed by atoms with Crippen molar-refractivity contribution >= 4 is 10.9 Å². The van der Waals surface area contributed by atoms with E-state index in [1.54, 1.807) is 4.68 Å². The highest BCUT2D eigenvalue weighted by Crippen LogP contribution is 2.23. The maximum absolute atomic E-state index is 8.37. The molecular formula is C14H12N6. The Kier molecular flexibility index (Phi) is 3.07. The Morgan fingerprint density at radius 1 is 1.25 bits per heavy atom. The fourth-order valence-electron chi connectivity index (χ4n) is 2.12. The van der Waals surface area contributed by atoms with E-state index < -0.39 is 0 Å². The van der Waals surface area contributed by atoms with Crippen LogP contribution in [0.5, 0.6) is 0 Å². The van der Waals surface area contributed by atoms with E-state index in [4.69, 9.17) is 5.53 Å². The lowest BCUT2D eigenvalue weighted by atomic mass is 10.1. The predicted molar refractivity (Wildman–Crippen MR) is 76.8 cm³/mol. The highest BCUT2D eigenvalue weighted by Gasteiger charge is 2.03. The first-order chi connectivity index (χ1) is 9.76. The zero-order valence-corrected chi connectivity index (χ0v) is 10.9. The summed E-state index contributed by atoms with van der Waals surface area (Å²) in [5, 5.41) is 8.77. The third kappa shape index (κ3) is 2.32. The molecule has 0 aliphatic heterocycles. The van der Waals surface area contributed by atoms with Gasteiger partial charge in [-0.15, -0.1) is 0 Å². The second kappa shape index (κ2) is 5.03. The van der Waals surface area contributed by atoms with E-state index in [2.05, 4.69) is 26.2 Å². The molecule has 0 aliphatic carbocycles. The lowest BCUT2D eigenvalue weighted by Gasteiger charge is -2.03. The molecule has 0 bridgehead atoms. The maximum Gasteiger partial charge on any atom is 0.0702 e. The van der Waals surface area contributed by atoms with Gasteiger partial charge in [-0.3, -0.25) is 9.67 Å². The van der Waals surface area contributed by atoms with Gasteiger partial charge in [0.25, 0.3) is 0 Å². The Balaban J connectivity index is 2.06. The van der Waals surface area contributed by atoms with Gasteiger partial charge in [-0.1, -0.05) is 11.2 Å². The minimum atomic E-state index is 0.351. The smallest absolute Gasteiger partial charge is 0.0702 e. The van der Waals surface area contributed by atoms with Crippen LogP contribution in [0.2, 0.25) is 0 Å². The summed E-state index contributed by atoms with van der Waals surface area (Å²) in [6, 6.07) is 7.92. The molecule has 0 amide bonds.